The summed E-state index contributed by atoms with van der Waals surface area (Å²) in [5, 5.41) is 0. The van der Waals surface area contributed by atoms with Crippen molar-refractivity contribution in [1.29, 1.82) is 0 Å². The van der Waals surface area contributed by atoms with Crippen molar-refractivity contribution in [3.8, 4) is 0 Å². The highest BCUT2D eigenvalue weighted by molar-refractivity contribution is 5.78. The fourth-order valence-corrected chi connectivity index (χ4v) is 2.85. The van der Waals surface area contributed by atoms with Crippen molar-refractivity contribution in [2.75, 3.05) is 33.8 Å². The molecule has 0 radical (unpaired) electrons. The Kier molecular flexibility index (Phi) is 6.40. The molecule has 1 aliphatic rings. The third-order valence-corrected chi connectivity index (χ3v) is 4.29. The van der Waals surface area contributed by atoms with Crippen LogP contribution in [-0.2, 0) is 16.1 Å². The van der Waals surface area contributed by atoms with E-state index in [4.69, 9.17) is 4.74 Å². The van der Waals surface area contributed by atoms with E-state index in [0.29, 0.717) is 13.1 Å². The molecule has 1 aliphatic heterocycles. The molecule has 0 bridgehead atoms. The van der Waals surface area contributed by atoms with Gasteiger partial charge in [-0.1, -0.05) is 24.3 Å². The SMILES string of the molecule is Cc1ccccc1CN(C)C(=O)CN(C)CC1CCCCO1. The van der Waals surface area contributed by atoms with Gasteiger partial charge in [-0.15, -0.1) is 0 Å². The highest BCUT2D eigenvalue weighted by atomic mass is 16.5. The second kappa shape index (κ2) is 8.30. The molecule has 22 heavy (non-hydrogen) atoms. The number of benzene rings is 1. The first kappa shape index (κ1) is 17.0. The first-order valence-electron chi connectivity index (χ1n) is 8.15. The van der Waals surface area contributed by atoms with Crippen molar-refractivity contribution in [1.82, 2.24) is 9.80 Å². The van der Waals surface area contributed by atoms with Crippen molar-refractivity contribution >= 4 is 5.91 Å². The number of aryl methyl sites for hydroxylation is 1. The zero-order valence-corrected chi connectivity index (χ0v) is 14.0. The topological polar surface area (TPSA) is 32.8 Å². The van der Waals surface area contributed by atoms with Crippen LogP contribution in [0.2, 0.25) is 0 Å². The van der Waals surface area contributed by atoms with Crippen LogP contribution in [0.1, 0.15) is 30.4 Å². The Labute approximate surface area is 134 Å². The smallest absolute Gasteiger partial charge is 0.236 e. The lowest BCUT2D eigenvalue weighted by atomic mass is 10.1. The third kappa shape index (κ3) is 5.11. The summed E-state index contributed by atoms with van der Waals surface area (Å²) in [5.41, 5.74) is 2.43. The molecule has 0 saturated carbocycles. The molecule has 0 spiro atoms. The summed E-state index contributed by atoms with van der Waals surface area (Å²) in [5.74, 6) is 0.154. The Balaban J connectivity index is 1.79. The van der Waals surface area contributed by atoms with Crippen LogP contribution < -0.4 is 0 Å². The van der Waals surface area contributed by atoms with Gasteiger partial charge in [-0.3, -0.25) is 9.69 Å². The van der Waals surface area contributed by atoms with Crippen LogP contribution in [0, 0.1) is 6.92 Å². The van der Waals surface area contributed by atoms with E-state index in [9.17, 15) is 4.79 Å². The van der Waals surface area contributed by atoms with Gasteiger partial charge in [0, 0.05) is 26.7 Å². The maximum Gasteiger partial charge on any atom is 0.236 e. The third-order valence-electron chi connectivity index (χ3n) is 4.29. The molecule has 1 unspecified atom stereocenters. The molecule has 1 aromatic rings. The number of likely N-dealkylation sites (N-methyl/N-ethyl adjacent to an activating group) is 2. The lowest BCUT2D eigenvalue weighted by Gasteiger charge is -2.28. The van der Waals surface area contributed by atoms with Gasteiger partial charge in [-0.25, -0.2) is 0 Å². The summed E-state index contributed by atoms with van der Waals surface area (Å²) in [6.07, 6.45) is 3.79. The number of ether oxygens (including phenoxy) is 1. The van der Waals surface area contributed by atoms with E-state index in [1.807, 2.05) is 26.2 Å². The average Bonchev–Trinajstić information content (AvgIpc) is 2.50. The summed E-state index contributed by atoms with van der Waals surface area (Å²) in [6.45, 7) is 4.89. The molecule has 122 valence electrons. The van der Waals surface area contributed by atoms with Crippen molar-refractivity contribution in [2.24, 2.45) is 0 Å². The largest absolute Gasteiger partial charge is 0.377 e. The Bertz CT molecular complexity index is 484. The van der Waals surface area contributed by atoms with E-state index in [1.54, 1.807) is 4.90 Å². The average molecular weight is 304 g/mol. The maximum absolute atomic E-state index is 12.4. The Morgan fingerprint density at radius 1 is 1.27 bits per heavy atom. The summed E-state index contributed by atoms with van der Waals surface area (Å²) in [4.78, 5) is 16.2. The van der Waals surface area contributed by atoms with Crippen molar-refractivity contribution in [3.05, 3.63) is 35.4 Å². The minimum absolute atomic E-state index is 0.154. The highest BCUT2D eigenvalue weighted by Gasteiger charge is 2.18. The van der Waals surface area contributed by atoms with E-state index in [1.165, 1.54) is 17.5 Å². The van der Waals surface area contributed by atoms with Crippen LogP contribution in [0.4, 0.5) is 0 Å². The predicted octanol–water partition coefficient (Wildman–Crippen LogP) is 2.45. The Hall–Kier alpha value is -1.39. The van der Waals surface area contributed by atoms with Crippen molar-refractivity contribution in [3.63, 3.8) is 0 Å². The highest BCUT2D eigenvalue weighted by Crippen LogP contribution is 2.14. The molecule has 1 aromatic carbocycles. The second-order valence-corrected chi connectivity index (χ2v) is 6.36. The number of carbonyl (C=O) groups is 1. The van der Waals surface area contributed by atoms with Crippen LogP contribution >= 0.6 is 0 Å². The van der Waals surface area contributed by atoms with E-state index in [2.05, 4.69) is 24.0 Å². The fourth-order valence-electron chi connectivity index (χ4n) is 2.85. The van der Waals surface area contributed by atoms with Gasteiger partial charge >= 0.3 is 0 Å². The first-order chi connectivity index (χ1) is 10.6. The predicted molar refractivity (Wildman–Crippen MR) is 88.7 cm³/mol. The number of hydrogen-bond donors (Lipinski definition) is 0. The summed E-state index contributed by atoms with van der Waals surface area (Å²) >= 11 is 0. The molecule has 4 heteroatoms. The van der Waals surface area contributed by atoms with Gasteiger partial charge in [0.15, 0.2) is 0 Å². The zero-order chi connectivity index (χ0) is 15.9. The van der Waals surface area contributed by atoms with Crippen LogP contribution in [-0.4, -0.2) is 55.6 Å². The van der Waals surface area contributed by atoms with Crippen LogP contribution in [0.15, 0.2) is 24.3 Å². The number of carbonyl (C=O) groups excluding carboxylic acids is 1. The molecular formula is C18H28N2O2. The molecule has 1 amide bonds. The maximum atomic E-state index is 12.4. The number of amides is 1. The molecular weight excluding hydrogens is 276 g/mol. The summed E-state index contributed by atoms with van der Waals surface area (Å²) in [6, 6.07) is 8.21. The summed E-state index contributed by atoms with van der Waals surface area (Å²) < 4.78 is 5.74. The van der Waals surface area contributed by atoms with E-state index in [-0.39, 0.29) is 12.0 Å². The summed E-state index contributed by atoms with van der Waals surface area (Å²) in [7, 11) is 3.87. The van der Waals surface area contributed by atoms with Gasteiger partial charge in [0.2, 0.25) is 5.91 Å². The minimum Gasteiger partial charge on any atom is -0.377 e. The van der Waals surface area contributed by atoms with Crippen molar-refractivity contribution < 1.29 is 9.53 Å². The van der Waals surface area contributed by atoms with Crippen LogP contribution in [0.3, 0.4) is 0 Å². The second-order valence-electron chi connectivity index (χ2n) is 6.36. The number of nitrogens with zero attached hydrogens (tertiary/aromatic N) is 2. The molecule has 1 fully saturated rings. The molecule has 0 aliphatic carbocycles. The van der Waals surface area contributed by atoms with Gasteiger partial charge in [-0.2, -0.15) is 0 Å². The lowest BCUT2D eigenvalue weighted by Crippen LogP contribution is -2.40. The zero-order valence-electron chi connectivity index (χ0n) is 14.0. The number of rotatable bonds is 6. The molecule has 2 rings (SSSR count). The lowest BCUT2D eigenvalue weighted by molar-refractivity contribution is -0.131. The van der Waals surface area contributed by atoms with Gasteiger partial charge < -0.3 is 9.64 Å². The molecule has 4 nitrogen and oxygen atoms in total. The minimum atomic E-state index is 0.154. The molecule has 1 saturated heterocycles. The number of hydrogen-bond acceptors (Lipinski definition) is 3. The van der Waals surface area contributed by atoms with E-state index in [0.717, 1.165) is 26.0 Å². The quantitative estimate of drug-likeness (QED) is 0.809. The first-order valence-corrected chi connectivity index (χ1v) is 8.15. The van der Waals surface area contributed by atoms with E-state index < -0.39 is 0 Å². The molecule has 0 N–H and O–H groups in total. The normalized spacial score (nSPS) is 18.5. The Morgan fingerprint density at radius 3 is 2.73 bits per heavy atom. The van der Waals surface area contributed by atoms with Gasteiger partial charge in [-0.05, 0) is 44.4 Å². The Morgan fingerprint density at radius 2 is 2.05 bits per heavy atom. The van der Waals surface area contributed by atoms with Gasteiger partial charge in [0.25, 0.3) is 0 Å². The van der Waals surface area contributed by atoms with Crippen LogP contribution in [0.5, 0.6) is 0 Å². The molecule has 1 atom stereocenters. The van der Waals surface area contributed by atoms with Crippen molar-refractivity contribution in [2.45, 2.75) is 38.8 Å². The van der Waals surface area contributed by atoms with Crippen LogP contribution in [0.25, 0.3) is 0 Å². The van der Waals surface area contributed by atoms with E-state index >= 15 is 0 Å². The standard InChI is InChI=1S/C18H28N2O2/c1-15-8-4-5-9-16(15)12-20(3)18(21)14-19(2)13-17-10-6-7-11-22-17/h4-5,8-9,17H,6-7,10-14H2,1-3H3. The molecule has 0 aromatic heterocycles. The van der Waals surface area contributed by atoms with Gasteiger partial charge in [0.05, 0.1) is 12.6 Å². The fraction of sp³-hybridized carbons (Fsp3) is 0.611. The van der Waals surface area contributed by atoms with Gasteiger partial charge in [0.1, 0.15) is 0 Å². The monoisotopic (exact) mass is 304 g/mol. The molecule has 1 heterocycles.